The van der Waals surface area contributed by atoms with Crippen molar-refractivity contribution in [2.24, 2.45) is 5.92 Å². The number of para-hydroxylation sites is 1. The van der Waals surface area contributed by atoms with Gasteiger partial charge in [-0.15, -0.1) is 11.3 Å². The molecule has 0 bridgehead atoms. The third kappa shape index (κ3) is 11.5. The number of allylic oxidation sites excluding steroid dienone is 2. The van der Waals surface area contributed by atoms with E-state index in [2.05, 4.69) is 15.5 Å². The number of likely N-dealkylation sites (tertiary alicyclic amines) is 1. The molecule has 16 nitrogen and oxygen atoms in total. The molecule has 0 aliphatic carbocycles. The summed E-state index contributed by atoms with van der Waals surface area (Å²) < 4.78 is 23.0. The van der Waals surface area contributed by atoms with Crippen molar-refractivity contribution in [3.05, 3.63) is 165 Å². The van der Waals surface area contributed by atoms with Crippen LogP contribution in [0.5, 0.6) is 11.6 Å². The number of fused-ring (bicyclic) bond motifs is 1. The molecule has 0 spiro atoms. The molecule has 2 aliphatic heterocycles. The van der Waals surface area contributed by atoms with Gasteiger partial charge >= 0.3 is 0 Å². The second kappa shape index (κ2) is 22.3. The number of non-ortho nitro benzene ring substituents is 1. The summed E-state index contributed by atoms with van der Waals surface area (Å²) in [5.41, 5.74) is 8.65. The van der Waals surface area contributed by atoms with Crippen molar-refractivity contribution in [2.45, 2.75) is 64.8 Å². The molecule has 0 saturated carbocycles. The number of carbonyl (C=O) groups is 3. The summed E-state index contributed by atoms with van der Waals surface area (Å²) in [4.78, 5) is 60.6. The number of nitro groups is 1. The van der Waals surface area contributed by atoms with Gasteiger partial charge in [-0.3, -0.25) is 24.5 Å². The Morgan fingerprint density at radius 2 is 1.70 bits per heavy atom. The SMILES string of the molecule is Cc1ncsc1-c1ccc([C@H](C)NC(=O)[C@@H]2C[C@@H](O)CN2C(=O)[C@H](c2cc(OCCOCCOc3ccc(CN4C(=O)/C(=C\C=C\c5ccc([N+](=O)[O-])cc5)c5ccccc54)cc3)no2)C(C)C)cc1. The standard InChI is InChI=1S/C53H54N6O10S/c1-33(2)49(53(63)58-31-41(60)28-46(58)51(61)55-34(3)38-16-18-39(19-17-38)50-35(4)54-32-70-50)47-29-48(56-69-47)68-27-25-66-24-26-67-42-22-14-37(15-23-42)30-57-45-11-6-5-9-43(45)44(52(57)62)10-7-8-36-12-20-40(21-13-36)59(64)65/h5-23,29,32-34,41,46,49,60H,24-28,30-31H2,1-4H3,(H,55,61)/b8-7+,44-10-/t34-,41+,46-,49-/m0/s1. The molecule has 1 saturated heterocycles. The average Bonchev–Trinajstić information content (AvgIpc) is 4.16. The molecule has 2 N–H and O–H groups in total. The lowest BCUT2D eigenvalue weighted by Crippen LogP contribution is -2.48. The first-order valence-electron chi connectivity index (χ1n) is 23.1. The van der Waals surface area contributed by atoms with Crippen molar-refractivity contribution in [1.29, 1.82) is 0 Å². The van der Waals surface area contributed by atoms with Crippen molar-refractivity contribution in [2.75, 3.05) is 37.9 Å². The van der Waals surface area contributed by atoms with E-state index in [0.717, 1.165) is 44.1 Å². The number of hydrogen-bond donors (Lipinski definition) is 2. The van der Waals surface area contributed by atoms with E-state index in [1.54, 1.807) is 52.7 Å². The third-order valence-corrected chi connectivity index (χ3v) is 13.2. The molecule has 2 aromatic heterocycles. The van der Waals surface area contributed by atoms with Gasteiger partial charge in [-0.1, -0.05) is 80.6 Å². The summed E-state index contributed by atoms with van der Waals surface area (Å²) in [6, 6.07) is 29.7. The van der Waals surface area contributed by atoms with Crippen LogP contribution in [0.2, 0.25) is 0 Å². The predicted octanol–water partition coefficient (Wildman–Crippen LogP) is 8.71. The number of anilines is 1. The lowest BCUT2D eigenvalue weighted by atomic mass is 9.91. The minimum absolute atomic E-state index is 0.0148. The van der Waals surface area contributed by atoms with Crippen molar-refractivity contribution in [3.8, 4) is 22.1 Å². The fourth-order valence-electron chi connectivity index (χ4n) is 8.59. The Balaban J connectivity index is 0.768. The molecular weight excluding hydrogens is 913 g/mol. The van der Waals surface area contributed by atoms with E-state index < -0.39 is 23.0 Å². The minimum atomic E-state index is -0.859. The van der Waals surface area contributed by atoms with E-state index >= 15 is 0 Å². The van der Waals surface area contributed by atoms with Gasteiger partial charge in [-0.2, -0.15) is 0 Å². The van der Waals surface area contributed by atoms with E-state index in [-0.39, 0.29) is 74.0 Å². The van der Waals surface area contributed by atoms with Gasteiger partial charge in [-0.05, 0) is 83.6 Å². The number of ether oxygens (including phenoxy) is 3. The van der Waals surface area contributed by atoms with Crippen LogP contribution in [0.15, 0.2) is 125 Å². The van der Waals surface area contributed by atoms with Crippen molar-refractivity contribution in [3.63, 3.8) is 0 Å². The quantitative estimate of drug-likeness (QED) is 0.0320. The van der Waals surface area contributed by atoms with E-state index in [1.165, 1.54) is 17.0 Å². The highest BCUT2D eigenvalue weighted by molar-refractivity contribution is 7.13. The zero-order valence-corrected chi connectivity index (χ0v) is 40.0. The Hall–Kier alpha value is -7.47. The van der Waals surface area contributed by atoms with Crippen LogP contribution in [0.1, 0.15) is 72.9 Å². The highest BCUT2D eigenvalue weighted by Gasteiger charge is 2.43. The minimum Gasteiger partial charge on any atom is -0.491 e. The number of nitrogens with zero attached hydrogens (tertiary/aromatic N) is 5. The van der Waals surface area contributed by atoms with Crippen LogP contribution in [-0.4, -0.2) is 87.9 Å². The number of β-amino-alcohol motifs (C(OH)–C–C–N with tert-alkyl or cyclic N) is 1. The summed E-state index contributed by atoms with van der Waals surface area (Å²) in [7, 11) is 0. The predicted molar refractivity (Wildman–Crippen MR) is 265 cm³/mol. The number of hydrogen-bond acceptors (Lipinski definition) is 13. The van der Waals surface area contributed by atoms with Crippen LogP contribution in [0.3, 0.4) is 0 Å². The average molecular weight is 967 g/mol. The first-order chi connectivity index (χ1) is 33.8. The number of benzene rings is 4. The van der Waals surface area contributed by atoms with Crippen molar-refractivity contribution < 1.29 is 43.1 Å². The molecule has 1 fully saturated rings. The lowest BCUT2D eigenvalue weighted by molar-refractivity contribution is -0.384. The van der Waals surface area contributed by atoms with E-state index in [4.69, 9.17) is 18.7 Å². The maximum atomic E-state index is 14.1. The van der Waals surface area contributed by atoms with Crippen molar-refractivity contribution >= 4 is 52.1 Å². The molecule has 0 unspecified atom stereocenters. The van der Waals surface area contributed by atoms with Crippen LogP contribution in [0.25, 0.3) is 22.1 Å². The highest BCUT2D eigenvalue weighted by Crippen LogP contribution is 2.38. The Morgan fingerprint density at radius 1 is 0.971 bits per heavy atom. The van der Waals surface area contributed by atoms with Gasteiger partial charge in [0.2, 0.25) is 11.8 Å². The summed E-state index contributed by atoms with van der Waals surface area (Å²) in [5, 5.41) is 28.7. The zero-order chi connectivity index (χ0) is 49.3. The molecule has 4 heterocycles. The van der Waals surface area contributed by atoms with Gasteiger partial charge < -0.3 is 39.0 Å². The molecule has 4 aromatic carbocycles. The Morgan fingerprint density at radius 3 is 2.40 bits per heavy atom. The largest absolute Gasteiger partial charge is 0.491 e. The van der Waals surface area contributed by atoms with Gasteiger partial charge in [0.1, 0.15) is 30.9 Å². The van der Waals surface area contributed by atoms with Gasteiger partial charge in [0.25, 0.3) is 17.5 Å². The number of aliphatic hydroxyl groups excluding tert-OH is 1. The molecule has 4 atom stereocenters. The molecule has 2 aliphatic rings. The molecule has 17 heteroatoms. The van der Waals surface area contributed by atoms with Gasteiger partial charge in [0.05, 0.1) is 58.6 Å². The number of aromatic nitrogens is 2. The number of rotatable bonds is 20. The highest BCUT2D eigenvalue weighted by atomic mass is 32.1. The van der Waals surface area contributed by atoms with E-state index in [1.807, 2.05) is 106 Å². The second-order valence-corrected chi connectivity index (χ2v) is 18.3. The van der Waals surface area contributed by atoms with Crippen LogP contribution in [0.4, 0.5) is 11.4 Å². The number of aryl methyl sites for hydroxylation is 1. The monoisotopic (exact) mass is 966 g/mol. The van der Waals surface area contributed by atoms with Crippen LogP contribution < -0.4 is 19.7 Å². The number of amides is 3. The first-order valence-corrected chi connectivity index (χ1v) is 23.9. The Bertz CT molecular complexity index is 2860. The fraction of sp³-hybridized carbons (Fsp3) is 0.302. The molecule has 6 aromatic rings. The molecule has 0 radical (unpaired) electrons. The summed E-state index contributed by atoms with van der Waals surface area (Å²) in [6.45, 7) is 9.00. The normalized spacial score (nSPS) is 17.1. The number of nitro benzene ring substituents is 1. The van der Waals surface area contributed by atoms with E-state index in [9.17, 15) is 29.6 Å². The summed E-state index contributed by atoms with van der Waals surface area (Å²) in [5.74, 6) is -0.663. The van der Waals surface area contributed by atoms with E-state index in [0.29, 0.717) is 30.2 Å². The Kier molecular flexibility index (Phi) is 15.6. The smallest absolute Gasteiger partial charge is 0.269 e. The van der Waals surface area contributed by atoms with Gasteiger partial charge in [0.15, 0.2) is 5.76 Å². The molecule has 3 amide bonds. The van der Waals surface area contributed by atoms with Crippen molar-refractivity contribution in [1.82, 2.24) is 20.4 Å². The van der Waals surface area contributed by atoms with Crippen LogP contribution >= 0.6 is 11.3 Å². The second-order valence-electron chi connectivity index (χ2n) is 17.5. The summed E-state index contributed by atoms with van der Waals surface area (Å²) >= 11 is 1.58. The van der Waals surface area contributed by atoms with Gasteiger partial charge in [0, 0.05) is 42.3 Å². The number of thiazole rings is 1. The number of carbonyl (C=O) groups excluding carboxylic acids is 3. The first kappa shape index (κ1) is 49.0. The lowest BCUT2D eigenvalue weighted by Gasteiger charge is -2.29. The maximum Gasteiger partial charge on any atom is 0.269 e. The Labute approximate surface area is 409 Å². The summed E-state index contributed by atoms with van der Waals surface area (Å²) in [6.07, 6.45) is 4.61. The molecule has 362 valence electrons. The van der Waals surface area contributed by atoms with Crippen LogP contribution in [-0.2, 0) is 25.7 Å². The third-order valence-electron chi connectivity index (χ3n) is 12.2. The number of nitrogens with one attached hydrogen (secondary N) is 1. The molecule has 8 rings (SSSR count). The zero-order valence-electron chi connectivity index (χ0n) is 39.2. The molecule has 70 heavy (non-hydrogen) atoms. The molecular formula is C53H54N6O10S. The number of aliphatic hydroxyl groups is 1. The van der Waals surface area contributed by atoms with Gasteiger partial charge in [-0.25, -0.2) is 4.98 Å². The van der Waals surface area contributed by atoms with Crippen LogP contribution in [0, 0.1) is 23.0 Å². The maximum absolute atomic E-state index is 14.1. The fourth-order valence-corrected chi connectivity index (χ4v) is 9.40. The topological polar surface area (TPSA) is 200 Å².